The molecule has 1 aliphatic rings. The van der Waals surface area contributed by atoms with Crippen LogP contribution in [0.5, 0.6) is 0 Å². The molecule has 0 saturated carbocycles. The maximum atomic E-state index is 12.7. The second-order valence-corrected chi connectivity index (χ2v) is 8.05. The maximum Gasteiger partial charge on any atom is 0.243 e. The summed E-state index contributed by atoms with van der Waals surface area (Å²) >= 11 is 0. The van der Waals surface area contributed by atoms with Gasteiger partial charge in [0.25, 0.3) is 0 Å². The Morgan fingerprint density at radius 2 is 1.70 bits per heavy atom. The van der Waals surface area contributed by atoms with Crippen LogP contribution in [-0.4, -0.2) is 25.8 Å². The molecule has 1 saturated heterocycles. The van der Waals surface area contributed by atoms with Crippen LogP contribution in [0.15, 0.2) is 59.5 Å². The molecule has 0 radical (unpaired) electrons. The zero-order valence-corrected chi connectivity index (χ0v) is 13.9. The van der Waals surface area contributed by atoms with E-state index in [4.69, 9.17) is 5.73 Å². The van der Waals surface area contributed by atoms with Gasteiger partial charge in [-0.2, -0.15) is 4.31 Å². The van der Waals surface area contributed by atoms with E-state index in [2.05, 4.69) is 24.3 Å². The summed E-state index contributed by atoms with van der Waals surface area (Å²) in [5.74, 6) is 0.546. The van der Waals surface area contributed by atoms with Gasteiger partial charge in [-0.25, -0.2) is 8.42 Å². The van der Waals surface area contributed by atoms with Crippen molar-refractivity contribution in [1.29, 1.82) is 0 Å². The van der Waals surface area contributed by atoms with Gasteiger partial charge in [0.1, 0.15) is 0 Å². The second kappa shape index (κ2) is 6.72. The number of benzene rings is 2. The molecule has 2 aromatic rings. The molecule has 0 aromatic heterocycles. The van der Waals surface area contributed by atoms with E-state index in [9.17, 15) is 8.42 Å². The van der Waals surface area contributed by atoms with E-state index in [1.165, 1.54) is 11.6 Å². The molecular weight excluding hydrogens is 308 g/mol. The Labute approximate surface area is 138 Å². The average Bonchev–Trinajstić information content (AvgIpc) is 2.56. The van der Waals surface area contributed by atoms with Crippen LogP contribution in [0.25, 0.3) is 0 Å². The Balaban J connectivity index is 1.64. The molecule has 122 valence electrons. The fourth-order valence-corrected chi connectivity index (χ4v) is 4.65. The molecule has 1 fully saturated rings. The van der Waals surface area contributed by atoms with Crippen molar-refractivity contribution in [3.63, 3.8) is 0 Å². The number of nitrogens with zero attached hydrogens (tertiary/aromatic N) is 1. The van der Waals surface area contributed by atoms with Crippen LogP contribution >= 0.6 is 0 Å². The first-order chi connectivity index (χ1) is 11.1. The number of rotatable bonds is 4. The number of anilines is 1. The molecule has 23 heavy (non-hydrogen) atoms. The largest absolute Gasteiger partial charge is 0.399 e. The smallest absolute Gasteiger partial charge is 0.243 e. The molecule has 0 unspecified atom stereocenters. The summed E-state index contributed by atoms with van der Waals surface area (Å²) in [6, 6.07) is 16.9. The molecular formula is C18H22N2O2S. The third kappa shape index (κ3) is 3.74. The van der Waals surface area contributed by atoms with Crippen LogP contribution < -0.4 is 5.73 Å². The first-order valence-electron chi connectivity index (χ1n) is 7.95. The molecule has 0 aliphatic carbocycles. The summed E-state index contributed by atoms with van der Waals surface area (Å²) in [7, 11) is -3.43. The molecule has 5 heteroatoms. The highest BCUT2D eigenvalue weighted by Crippen LogP contribution is 2.26. The summed E-state index contributed by atoms with van der Waals surface area (Å²) in [5, 5.41) is 0. The van der Waals surface area contributed by atoms with Gasteiger partial charge in [-0.15, -0.1) is 0 Å². The van der Waals surface area contributed by atoms with Gasteiger partial charge in [0, 0.05) is 18.8 Å². The first-order valence-corrected chi connectivity index (χ1v) is 9.39. The van der Waals surface area contributed by atoms with Crippen LogP contribution in [0, 0.1) is 5.92 Å². The number of hydrogen-bond acceptors (Lipinski definition) is 3. The summed E-state index contributed by atoms with van der Waals surface area (Å²) in [4.78, 5) is 0.291. The topological polar surface area (TPSA) is 63.4 Å². The number of hydrogen-bond donors (Lipinski definition) is 1. The van der Waals surface area contributed by atoms with E-state index in [0.717, 1.165) is 19.3 Å². The lowest BCUT2D eigenvalue weighted by molar-refractivity contribution is 0.273. The van der Waals surface area contributed by atoms with Gasteiger partial charge in [0.15, 0.2) is 0 Å². The van der Waals surface area contributed by atoms with Crippen molar-refractivity contribution in [2.45, 2.75) is 24.2 Å². The van der Waals surface area contributed by atoms with Gasteiger partial charge < -0.3 is 5.73 Å². The molecule has 0 amide bonds. The monoisotopic (exact) mass is 330 g/mol. The average molecular weight is 330 g/mol. The third-order valence-corrected chi connectivity index (χ3v) is 6.33. The minimum absolute atomic E-state index is 0.291. The number of sulfonamides is 1. The lowest BCUT2D eigenvalue weighted by Crippen LogP contribution is -2.38. The lowest BCUT2D eigenvalue weighted by Gasteiger charge is -2.31. The normalized spacial score (nSPS) is 17.2. The molecule has 0 bridgehead atoms. The standard InChI is InChI=1S/C18H22N2O2S/c19-17-7-4-8-18(14-17)23(21,22)20-11-9-16(10-12-20)13-15-5-2-1-3-6-15/h1-8,14,16H,9-13,19H2. The summed E-state index contributed by atoms with van der Waals surface area (Å²) in [5.41, 5.74) is 7.51. The molecule has 3 rings (SSSR count). The fraction of sp³-hybridized carbons (Fsp3) is 0.333. The first kappa shape index (κ1) is 16.0. The van der Waals surface area contributed by atoms with E-state index < -0.39 is 10.0 Å². The Hall–Kier alpha value is -1.85. The highest BCUT2D eigenvalue weighted by molar-refractivity contribution is 7.89. The molecule has 2 N–H and O–H groups in total. The van der Waals surface area contributed by atoms with Crippen molar-refractivity contribution in [3.8, 4) is 0 Å². The van der Waals surface area contributed by atoms with Crippen molar-refractivity contribution in [2.75, 3.05) is 18.8 Å². The predicted octanol–water partition coefficient (Wildman–Crippen LogP) is 2.91. The SMILES string of the molecule is Nc1cccc(S(=O)(=O)N2CCC(Cc3ccccc3)CC2)c1. The zero-order valence-electron chi connectivity index (χ0n) is 13.1. The highest BCUT2D eigenvalue weighted by atomic mass is 32.2. The summed E-state index contributed by atoms with van der Waals surface area (Å²) < 4.78 is 26.9. The van der Waals surface area contributed by atoms with E-state index in [1.54, 1.807) is 22.5 Å². The zero-order chi connectivity index (χ0) is 16.3. The number of nitrogens with two attached hydrogens (primary N) is 1. The Kier molecular flexibility index (Phi) is 4.68. The Morgan fingerprint density at radius 3 is 2.35 bits per heavy atom. The van der Waals surface area contributed by atoms with Crippen molar-refractivity contribution in [2.24, 2.45) is 5.92 Å². The van der Waals surface area contributed by atoms with Crippen LogP contribution in [0.2, 0.25) is 0 Å². The van der Waals surface area contributed by atoms with Crippen molar-refractivity contribution in [1.82, 2.24) is 4.31 Å². The molecule has 1 heterocycles. The summed E-state index contributed by atoms with van der Waals surface area (Å²) in [6.45, 7) is 1.16. The Morgan fingerprint density at radius 1 is 1.00 bits per heavy atom. The number of piperidine rings is 1. The molecule has 4 nitrogen and oxygen atoms in total. The van der Waals surface area contributed by atoms with Crippen LogP contribution in [0.1, 0.15) is 18.4 Å². The minimum Gasteiger partial charge on any atom is -0.399 e. The van der Waals surface area contributed by atoms with Gasteiger partial charge in [-0.3, -0.25) is 0 Å². The highest BCUT2D eigenvalue weighted by Gasteiger charge is 2.29. The second-order valence-electron chi connectivity index (χ2n) is 6.11. The summed E-state index contributed by atoms with van der Waals surface area (Å²) in [6.07, 6.45) is 2.82. The van der Waals surface area contributed by atoms with Gasteiger partial charge in [0.05, 0.1) is 4.90 Å². The van der Waals surface area contributed by atoms with Crippen molar-refractivity contribution < 1.29 is 8.42 Å². The van der Waals surface area contributed by atoms with Gasteiger partial charge in [-0.05, 0) is 48.9 Å². The predicted molar refractivity (Wildman–Crippen MR) is 92.5 cm³/mol. The van der Waals surface area contributed by atoms with Gasteiger partial charge in [0.2, 0.25) is 10.0 Å². The fourth-order valence-electron chi connectivity index (χ4n) is 3.13. The number of nitrogen functional groups attached to an aromatic ring is 1. The van der Waals surface area contributed by atoms with E-state index in [1.807, 2.05) is 6.07 Å². The van der Waals surface area contributed by atoms with Crippen LogP contribution in [0.3, 0.4) is 0 Å². The molecule has 1 aliphatic heterocycles. The lowest BCUT2D eigenvalue weighted by atomic mass is 9.91. The quantitative estimate of drug-likeness (QED) is 0.877. The molecule has 0 spiro atoms. The molecule has 0 atom stereocenters. The third-order valence-electron chi connectivity index (χ3n) is 4.44. The van der Waals surface area contributed by atoms with Crippen LogP contribution in [0.4, 0.5) is 5.69 Å². The van der Waals surface area contributed by atoms with Gasteiger partial charge >= 0.3 is 0 Å². The van der Waals surface area contributed by atoms with E-state index in [0.29, 0.717) is 29.6 Å². The molecule has 2 aromatic carbocycles. The van der Waals surface area contributed by atoms with Crippen LogP contribution in [-0.2, 0) is 16.4 Å². The minimum atomic E-state index is -3.43. The maximum absolute atomic E-state index is 12.7. The van der Waals surface area contributed by atoms with E-state index >= 15 is 0 Å². The van der Waals surface area contributed by atoms with Gasteiger partial charge in [-0.1, -0.05) is 36.4 Å². The van der Waals surface area contributed by atoms with Crippen molar-refractivity contribution in [3.05, 3.63) is 60.2 Å². The van der Waals surface area contributed by atoms with E-state index in [-0.39, 0.29) is 0 Å². The Bertz CT molecular complexity index is 752. The van der Waals surface area contributed by atoms with Crippen molar-refractivity contribution >= 4 is 15.7 Å².